The van der Waals surface area contributed by atoms with Crippen LogP contribution >= 0.6 is 7.37 Å². The Morgan fingerprint density at radius 2 is 2.00 bits per heavy atom. The molecule has 13 heteroatoms. The van der Waals surface area contributed by atoms with Gasteiger partial charge in [0.15, 0.2) is 18.9 Å². The number of ether oxygens (including phenoxy) is 2. The Morgan fingerprint density at radius 1 is 1.30 bits per heavy atom. The molecular weight excluding hydrogens is 513 g/mol. The Hall–Kier alpha value is -2.92. The zero-order chi connectivity index (χ0) is 27.5. The minimum atomic E-state index is -3.24. The monoisotopic (exact) mass is 542 g/mol. The zero-order valence-corrected chi connectivity index (χ0v) is 21.5. The number of Topliss-reactive ketones (excluding diaryl/α,β-unsaturated/α-hetero) is 1. The highest BCUT2D eigenvalue weighted by Gasteiger charge is 2.48. The highest BCUT2D eigenvalue weighted by atomic mass is 31.2. The van der Waals surface area contributed by atoms with Crippen molar-refractivity contribution >= 4 is 19.1 Å². The molecular formula is C24H29F2N2O8P. The maximum atomic E-state index is 13.9. The van der Waals surface area contributed by atoms with Crippen molar-refractivity contribution in [1.82, 2.24) is 9.88 Å². The molecule has 37 heavy (non-hydrogen) atoms. The molecule has 2 heterocycles. The first-order valence-corrected chi connectivity index (χ1v) is 13.7. The summed E-state index contributed by atoms with van der Waals surface area (Å²) in [7, 11) is -1.84. The van der Waals surface area contributed by atoms with Gasteiger partial charge in [-0.25, -0.2) is 8.78 Å². The topological polar surface area (TPSA) is 144 Å². The number of halogens is 2. The quantitative estimate of drug-likeness (QED) is 0.307. The molecule has 3 unspecified atom stereocenters. The lowest BCUT2D eigenvalue weighted by atomic mass is 9.73. The number of nitrogens with one attached hydrogen (secondary N) is 1. The van der Waals surface area contributed by atoms with Crippen molar-refractivity contribution in [3.05, 3.63) is 63.1 Å². The van der Waals surface area contributed by atoms with E-state index in [4.69, 9.17) is 9.47 Å². The molecule has 10 nitrogen and oxygen atoms in total. The smallest absolute Gasteiger partial charge is 0.257 e. The van der Waals surface area contributed by atoms with E-state index < -0.39 is 59.0 Å². The van der Waals surface area contributed by atoms with E-state index in [0.29, 0.717) is 6.07 Å². The van der Waals surface area contributed by atoms with Gasteiger partial charge in [0.1, 0.15) is 22.9 Å². The van der Waals surface area contributed by atoms with E-state index in [9.17, 15) is 37.7 Å². The molecule has 3 N–H and O–H groups in total. The fraction of sp³-hybridized carbons (Fsp3) is 0.458. The van der Waals surface area contributed by atoms with Crippen LogP contribution in [0, 0.1) is 17.0 Å². The number of hydrogen-bond donors (Lipinski definition) is 3. The van der Waals surface area contributed by atoms with Crippen molar-refractivity contribution < 1.29 is 42.4 Å². The summed E-state index contributed by atoms with van der Waals surface area (Å²) in [5.41, 5.74) is -3.03. The number of aromatic hydroxyl groups is 1. The summed E-state index contributed by atoms with van der Waals surface area (Å²) in [5.74, 6) is -4.06. The zero-order valence-electron chi connectivity index (χ0n) is 20.6. The number of carbonyl (C=O) groups is 2. The number of aromatic nitrogens is 1. The van der Waals surface area contributed by atoms with E-state index in [0.717, 1.165) is 18.3 Å². The van der Waals surface area contributed by atoms with Crippen LogP contribution in [0.15, 0.2) is 29.2 Å². The number of amides is 1. The largest absolute Gasteiger partial charge is 0.503 e. The molecule has 3 rings (SSSR count). The van der Waals surface area contributed by atoms with Gasteiger partial charge in [0.25, 0.3) is 5.91 Å². The molecule has 0 saturated heterocycles. The van der Waals surface area contributed by atoms with Gasteiger partial charge in [-0.3, -0.25) is 18.9 Å². The standard InChI is InChI=1S/C24H29F2N2O8P/c1-24(6-7-36-8-9-37(3,33)34)18(35-2)13-28-12-16(20(29)21(30)19(28)22(24)31)23(32)27-11-14-4-5-15(25)10-17(14)26/h4-5,10,12,18,30H,6-9,11,13H2,1-3H3,(H,27,32)(H,33,34). The summed E-state index contributed by atoms with van der Waals surface area (Å²) in [5, 5.41) is 13.0. The van der Waals surface area contributed by atoms with Crippen LogP contribution in [0.2, 0.25) is 0 Å². The lowest BCUT2D eigenvalue weighted by Gasteiger charge is -2.40. The number of nitrogens with zero attached hydrogens (tertiary/aromatic N) is 1. The van der Waals surface area contributed by atoms with Crippen LogP contribution < -0.4 is 10.7 Å². The van der Waals surface area contributed by atoms with E-state index in [1.54, 1.807) is 6.92 Å². The fourth-order valence-corrected chi connectivity index (χ4v) is 4.62. The predicted octanol–water partition coefficient (Wildman–Crippen LogP) is 2.29. The van der Waals surface area contributed by atoms with Crippen LogP contribution in [0.25, 0.3) is 0 Å². The molecule has 1 aliphatic heterocycles. The van der Waals surface area contributed by atoms with E-state index in [2.05, 4.69) is 5.32 Å². The first kappa shape index (κ1) is 28.6. The van der Waals surface area contributed by atoms with Crippen molar-refractivity contribution in [1.29, 1.82) is 0 Å². The van der Waals surface area contributed by atoms with Crippen molar-refractivity contribution in [3.8, 4) is 5.75 Å². The van der Waals surface area contributed by atoms with Crippen molar-refractivity contribution in [3.63, 3.8) is 0 Å². The van der Waals surface area contributed by atoms with E-state index >= 15 is 0 Å². The second-order valence-electron chi connectivity index (χ2n) is 9.25. The van der Waals surface area contributed by atoms with Crippen molar-refractivity contribution in [2.24, 2.45) is 5.41 Å². The second kappa shape index (κ2) is 11.2. The maximum Gasteiger partial charge on any atom is 0.257 e. The molecule has 0 spiro atoms. The van der Waals surface area contributed by atoms with Crippen LogP contribution in [0.3, 0.4) is 0 Å². The molecule has 0 aliphatic carbocycles. The van der Waals surface area contributed by atoms with Crippen LogP contribution in [-0.4, -0.2) is 65.5 Å². The van der Waals surface area contributed by atoms with Crippen molar-refractivity contribution in [2.45, 2.75) is 32.5 Å². The SMILES string of the molecule is COC1Cn2cc(C(=O)NCc3ccc(F)cc3F)c(=O)c(O)c2C(=O)C1(C)CCOCCP(C)(=O)O. The number of carbonyl (C=O) groups excluding carboxylic acids is 2. The highest BCUT2D eigenvalue weighted by molar-refractivity contribution is 7.57. The summed E-state index contributed by atoms with van der Waals surface area (Å²) in [6.07, 6.45) is 0.525. The van der Waals surface area contributed by atoms with Gasteiger partial charge >= 0.3 is 0 Å². The number of rotatable bonds is 10. The molecule has 0 fully saturated rings. The normalized spacial score (nSPS) is 20.8. The summed E-state index contributed by atoms with van der Waals surface area (Å²) in [4.78, 5) is 48.3. The average Bonchev–Trinajstić information content (AvgIpc) is 2.81. The Kier molecular flexibility index (Phi) is 8.69. The van der Waals surface area contributed by atoms with Gasteiger partial charge in [0.2, 0.25) is 5.43 Å². The van der Waals surface area contributed by atoms with Gasteiger partial charge in [0, 0.05) is 50.9 Å². The number of pyridine rings is 1. The van der Waals surface area contributed by atoms with E-state index in [1.165, 1.54) is 18.3 Å². The molecule has 1 aromatic carbocycles. The summed E-state index contributed by atoms with van der Waals surface area (Å²) in [6.45, 7) is 2.59. The summed E-state index contributed by atoms with van der Waals surface area (Å²) in [6, 6.07) is 2.84. The number of benzene rings is 1. The lowest BCUT2D eigenvalue weighted by molar-refractivity contribution is -0.0285. The third kappa shape index (κ3) is 6.32. The Bertz CT molecular complexity index is 1310. The predicted molar refractivity (Wildman–Crippen MR) is 129 cm³/mol. The average molecular weight is 542 g/mol. The van der Waals surface area contributed by atoms with E-state index in [-0.39, 0.29) is 50.1 Å². The van der Waals surface area contributed by atoms with Gasteiger partial charge in [-0.05, 0) is 19.4 Å². The number of fused-ring (bicyclic) bond motifs is 1. The third-order valence-electron chi connectivity index (χ3n) is 6.46. The minimum Gasteiger partial charge on any atom is -0.503 e. The van der Waals surface area contributed by atoms with Gasteiger partial charge in [-0.2, -0.15) is 0 Å². The van der Waals surface area contributed by atoms with Crippen LogP contribution in [0.5, 0.6) is 5.75 Å². The highest BCUT2D eigenvalue weighted by Crippen LogP contribution is 2.39. The van der Waals surface area contributed by atoms with Gasteiger partial charge in [-0.15, -0.1) is 0 Å². The number of methoxy groups -OCH3 is 1. The maximum absolute atomic E-state index is 13.9. The Labute approximate surface area is 211 Å². The molecule has 1 amide bonds. The van der Waals surface area contributed by atoms with Crippen LogP contribution in [-0.2, 0) is 27.1 Å². The van der Waals surface area contributed by atoms with E-state index in [1.807, 2.05) is 0 Å². The fourth-order valence-electron chi connectivity index (χ4n) is 4.16. The van der Waals surface area contributed by atoms with Crippen molar-refractivity contribution in [2.75, 3.05) is 33.2 Å². The molecule has 0 bridgehead atoms. The second-order valence-corrected chi connectivity index (χ2v) is 11.8. The minimum absolute atomic E-state index is 0.00890. The number of hydrogen-bond acceptors (Lipinski definition) is 7. The molecule has 0 saturated carbocycles. The molecule has 1 aliphatic rings. The first-order chi connectivity index (χ1) is 17.3. The summed E-state index contributed by atoms with van der Waals surface area (Å²) >= 11 is 0. The molecule has 2 aromatic rings. The Morgan fingerprint density at radius 3 is 2.62 bits per heavy atom. The van der Waals surface area contributed by atoms with Gasteiger partial charge in [-0.1, -0.05) is 6.07 Å². The van der Waals surface area contributed by atoms with Gasteiger partial charge in [0.05, 0.1) is 24.7 Å². The van der Waals surface area contributed by atoms with Gasteiger partial charge < -0.3 is 29.4 Å². The van der Waals surface area contributed by atoms with Crippen LogP contribution in [0.1, 0.15) is 39.8 Å². The summed E-state index contributed by atoms with van der Waals surface area (Å²) < 4.78 is 50.6. The molecule has 3 atom stereocenters. The molecule has 0 radical (unpaired) electrons. The first-order valence-electron chi connectivity index (χ1n) is 11.4. The third-order valence-corrected chi connectivity index (χ3v) is 7.48. The molecule has 202 valence electrons. The Balaban J connectivity index is 1.81. The molecule has 1 aromatic heterocycles. The van der Waals surface area contributed by atoms with Crippen LogP contribution in [0.4, 0.5) is 8.78 Å². The lowest BCUT2D eigenvalue weighted by Crippen LogP contribution is -2.50. The number of ketones is 1.